The number of carbonyl (C=O) groups excluding carboxylic acids is 1. The summed E-state index contributed by atoms with van der Waals surface area (Å²) < 4.78 is 38.0. The molecule has 1 aliphatic carbocycles. The minimum Gasteiger partial charge on any atom is -0.325 e. The molecule has 29 heavy (non-hydrogen) atoms. The molecular formula is C22H16F3N3O. The predicted molar refractivity (Wildman–Crippen MR) is 102 cm³/mol. The smallest absolute Gasteiger partial charge is 0.325 e. The number of amides is 1. The first kappa shape index (κ1) is 18.9. The molecule has 2 heterocycles. The van der Waals surface area contributed by atoms with Gasteiger partial charge in [-0.05, 0) is 35.9 Å². The number of nitrogens with one attached hydrogen (secondary N) is 1. The molecule has 4 rings (SSSR count). The zero-order valence-electron chi connectivity index (χ0n) is 15.2. The molecule has 7 heteroatoms. The highest BCUT2D eigenvalue weighted by molar-refractivity contribution is 5.93. The highest BCUT2D eigenvalue weighted by Gasteiger charge is 2.30. The van der Waals surface area contributed by atoms with E-state index >= 15 is 0 Å². The molecule has 1 aromatic carbocycles. The maximum absolute atomic E-state index is 12.7. The summed E-state index contributed by atoms with van der Waals surface area (Å²) in [4.78, 5) is 21.3. The highest BCUT2D eigenvalue weighted by Crippen LogP contribution is 2.33. The second-order valence-electron chi connectivity index (χ2n) is 6.64. The van der Waals surface area contributed by atoms with Crippen LogP contribution in [0.25, 0.3) is 17.0 Å². The van der Waals surface area contributed by atoms with Gasteiger partial charge in [-0.3, -0.25) is 14.8 Å². The van der Waals surface area contributed by atoms with E-state index in [0.717, 1.165) is 34.6 Å². The lowest BCUT2D eigenvalue weighted by atomic mass is 10.0. The molecule has 0 fully saturated rings. The van der Waals surface area contributed by atoms with Crippen LogP contribution in [0, 0.1) is 0 Å². The summed E-state index contributed by atoms with van der Waals surface area (Å²) in [5, 5.41) is 2.87. The molecule has 4 nitrogen and oxygen atoms in total. The number of pyridine rings is 2. The van der Waals surface area contributed by atoms with Crippen molar-refractivity contribution in [2.75, 3.05) is 0 Å². The van der Waals surface area contributed by atoms with E-state index in [1.807, 2.05) is 30.3 Å². The highest BCUT2D eigenvalue weighted by atomic mass is 19.4. The quantitative estimate of drug-likeness (QED) is 0.712. The van der Waals surface area contributed by atoms with E-state index < -0.39 is 11.7 Å². The van der Waals surface area contributed by atoms with Gasteiger partial charge in [0.1, 0.15) is 0 Å². The van der Waals surface area contributed by atoms with E-state index in [2.05, 4.69) is 15.3 Å². The van der Waals surface area contributed by atoms with Crippen LogP contribution in [-0.2, 0) is 23.8 Å². The molecule has 0 saturated carbocycles. The minimum atomic E-state index is -4.39. The number of hydrogen-bond acceptors (Lipinski definition) is 3. The van der Waals surface area contributed by atoms with Gasteiger partial charge in [0.05, 0.1) is 23.4 Å². The normalized spacial score (nSPS) is 13.0. The van der Waals surface area contributed by atoms with Crippen molar-refractivity contribution in [3.63, 3.8) is 0 Å². The number of carbonyl (C=O) groups is 1. The Morgan fingerprint density at radius 3 is 2.48 bits per heavy atom. The van der Waals surface area contributed by atoms with Gasteiger partial charge in [0.15, 0.2) is 0 Å². The topological polar surface area (TPSA) is 54.9 Å². The molecule has 0 radical (unpaired) electrons. The lowest BCUT2D eigenvalue weighted by molar-refractivity contribution is -0.137. The van der Waals surface area contributed by atoms with E-state index in [9.17, 15) is 18.0 Å². The summed E-state index contributed by atoms with van der Waals surface area (Å²) in [7, 11) is 0. The van der Waals surface area contributed by atoms with Crippen LogP contribution in [0.3, 0.4) is 0 Å². The summed E-state index contributed by atoms with van der Waals surface area (Å²) in [5.74, 6) is -0.306. The Kier molecular flexibility index (Phi) is 4.88. The molecule has 0 unspecified atom stereocenters. The van der Waals surface area contributed by atoms with Gasteiger partial charge < -0.3 is 5.32 Å². The Labute approximate surface area is 165 Å². The van der Waals surface area contributed by atoms with E-state index in [-0.39, 0.29) is 12.3 Å². The van der Waals surface area contributed by atoms with Crippen LogP contribution >= 0.6 is 0 Å². The molecule has 3 aromatic rings. The Hall–Kier alpha value is -3.48. The third kappa shape index (κ3) is 4.03. The van der Waals surface area contributed by atoms with Gasteiger partial charge in [0, 0.05) is 35.6 Å². The van der Waals surface area contributed by atoms with Gasteiger partial charge in [0.2, 0.25) is 5.91 Å². The van der Waals surface area contributed by atoms with Crippen LogP contribution in [0.5, 0.6) is 0 Å². The van der Waals surface area contributed by atoms with Gasteiger partial charge in [-0.1, -0.05) is 24.3 Å². The van der Waals surface area contributed by atoms with Crippen LogP contribution in [0.4, 0.5) is 13.2 Å². The average molecular weight is 395 g/mol. The largest absolute Gasteiger partial charge is 0.416 e. The number of alkyl halides is 3. The monoisotopic (exact) mass is 395 g/mol. The SMILES string of the molecule is O=C(Cc1ccc(C(F)(F)F)cc1)NC1=CCc2nccc(-c3ccccn3)c21. The first-order chi connectivity index (χ1) is 13.9. The molecule has 2 aromatic heterocycles. The van der Waals surface area contributed by atoms with Crippen molar-refractivity contribution in [1.29, 1.82) is 0 Å². The Bertz CT molecular complexity index is 1070. The molecule has 1 N–H and O–H groups in total. The maximum atomic E-state index is 12.7. The van der Waals surface area contributed by atoms with Crippen molar-refractivity contribution in [2.45, 2.75) is 19.0 Å². The van der Waals surface area contributed by atoms with Gasteiger partial charge >= 0.3 is 6.18 Å². The molecule has 0 atom stereocenters. The molecule has 1 amide bonds. The van der Waals surface area contributed by atoms with Crippen molar-refractivity contribution >= 4 is 11.6 Å². The second kappa shape index (κ2) is 7.50. The fraction of sp³-hybridized carbons (Fsp3) is 0.136. The molecule has 0 aliphatic heterocycles. The maximum Gasteiger partial charge on any atom is 0.416 e. The fourth-order valence-corrected chi connectivity index (χ4v) is 3.30. The van der Waals surface area contributed by atoms with Crippen LogP contribution in [-0.4, -0.2) is 15.9 Å². The van der Waals surface area contributed by atoms with Crippen molar-refractivity contribution in [1.82, 2.24) is 15.3 Å². The number of fused-ring (bicyclic) bond motifs is 1. The van der Waals surface area contributed by atoms with Gasteiger partial charge in [0.25, 0.3) is 0 Å². The summed E-state index contributed by atoms with van der Waals surface area (Å²) >= 11 is 0. The average Bonchev–Trinajstić information content (AvgIpc) is 3.11. The third-order valence-electron chi connectivity index (χ3n) is 4.66. The first-order valence-corrected chi connectivity index (χ1v) is 8.97. The zero-order valence-corrected chi connectivity index (χ0v) is 15.2. The fourth-order valence-electron chi connectivity index (χ4n) is 3.30. The van der Waals surface area contributed by atoms with E-state index in [0.29, 0.717) is 17.7 Å². The van der Waals surface area contributed by atoms with E-state index in [1.165, 1.54) is 12.1 Å². The summed E-state index contributed by atoms with van der Waals surface area (Å²) in [6, 6.07) is 12.0. The number of nitrogens with zero attached hydrogens (tertiary/aromatic N) is 2. The zero-order chi connectivity index (χ0) is 20.4. The lowest BCUT2D eigenvalue weighted by Crippen LogP contribution is -2.23. The number of aromatic nitrogens is 2. The molecular weight excluding hydrogens is 379 g/mol. The third-order valence-corrected chi connectivity index (χ3v) is 4.66. The molecule has 0 saturated heterocycles. The van der Waals surface area contributed by atoms with Gasteiger partial charge in [-0.25, -0.2) is 0 Å². The van der Waals surface area contributed by atoms with Crippen molar-refractivity contribution in [3.05, 3.63) is 89.4 Å². The summed E-state index contributed by atoms with van der Waals surface area (Å²) in [6.45, 7) is 0. The van der Waals surface area contributed by atoms with Gasteiger partial charge in [-0.2, -0.15) is 13.2 Å². The van der Waals surface area contributed by atoms with Crippen molar-refractivity contribution < 1.29 is 18.0 Å². The van der Waals surface area contributed by atoms with Crippen molar-refractivity contribution in [2.24, 2.45) is 0 Å². The van der Waals surface area contributed by atoms with Gasteiger partial charge in [-0.15, -0.1) is 0 Å². The molecule has 1 aliphatic rings. The first-order valence-electron chi connectivity index (χ1n) is 8.97. The molecule has 146 valence electrons. The standard InChI is InChI=1S/C22H16F3N3O/c23-22(24,25)15-6-4-14(5-7-15)13-20(29)28-19-9-8-18-21(19)16(10-12-27-18)17-3-1-2-11-26-17/h1-7,9-12H,8,13H2,(H,28,29). The number of allylic oxidation sites excluding steroid dienone is 1. The number of rotatable bonds is 4. The lowest BCUT2D eigenvalue weighted by Gasteiger charge is -2.13. The van der Waals surface area contributed by atoms with Crippen LogP contribution in [0.1, 0.15) is 22.4 Å². The molecule has 0 bridgehead atoms. The molecule has 0 spiro atoms. The van der Waals surface area contributed by atoms with Crippen molar-refractivity contribution in [3.8, 4) is 11.3 Å². The predicted octanol–water partition coefficient (Wildman–Crippen LogP) is 4.42. The number of halogens is 3. The number of hydrogen-bond donors (Lipinski definition) is 1. The van der Waals surface area contributed by atoms with E-state index in [1.54, 1.807) is 12.4 Å². The van der Waals surface area contributed by atoms with Crippen LogP contribution in [0.15, 0.2) is 67.0 Å². The Morgan fingerprint density at radius 1 is 1.00 bits per heavy atom. The van der Waals surface area contributed by atoms with Crippen LogP contribution in [0.2, 0.25) is 0 Å². The number of benzene rings is 1. The summed E-state index contributed by atoms with van der Waals surface area (Å²) in [5.41, 5.74) is 3.73. The van der Waals surface area contributed by atoms with Crippen LogP contribution < -0.4 is 5.32 Å². The Morgan fingerprint density at radius 2 is 1.79 bits per heavy atom. The second-order valence-corrected chi connectivity index (χ2v) is 6.64. The summed E-state index contributed by atoms with van der Waals surface area (Å²) in [6.07, 6.45) is 1.46. The van der Waals surface area contributed by atoms with E-state index in [4.69, 9.17) is 0 Å². The minimum absolute atomic E-state index is 0.0238. The Balaban J connectivity index is 1.52.